The van der Waals surface area contributed by atoms with Gasteiger partial charge in [0.2, 0.25) is 5.91 Å². The number of halogens is 1. The van der Waals surface area contributed by atoms with E-state index in [2.05, 4.69) is 13.8 Å². The second kappa shape index (κ2) is 8.19. The molecule has 2 aromatic carbocycles. The summed E-state index contributed by atoms with van der Waals surface area (Å²) in [6, 6.07) is 11.4. The second-order valence-corrected chi connectivity index (χ2v) is 7.60. The molecular weight excluding hydrogens is 364 g/mol. The number of phenols is 1. The van der Waals surface area contributed by atoms with E-state index in [4.69, 9.17) is 16.3 Å². The number of hydrogen-bond acceptors (Lipinski definition) is 4. The molecule has 0 saturated heterocycles. The number of aromatic hydroxyl groups is 1. The molecule has 0 bridgehead atoms. The average Bonchev–Trinajstić information content (AvgIpc) is 2.84. The van der Waals surface area contributed by atoms with Crippen LogP contribution in [0.1, 0.15) is 19.4 Å². The molecule has 0 radical (unpaired) electrons. The molecule has 3 rings (SSSR count). The molecule has 1 aliphatic heterocycles. The number of likely N-dealkylation sites (N-methyl/N-ethyl adjacent to an activating group) is 1. The van der Waals surface area contributed by atoms with Crippen molar-refractivity contribution in [3.8, 4) is 22.6 Å². The highest BCUT2D eigenvalue weighted by Gasteiger charge is 2.24. The number of hydrogen-bond donors (Lipinski definition) is 1. The third-order valence-corrected chi connectivity index (χ3v) is 5.13. The lowest BCUT2D eigenvalue weighted by Crippen LogP contribution is -2.41. The fraction of sp³-hybridized carbons (Fsp3) is 0.381. The number of nitrogens with zero attached hydrogens (tertiary/aromatic N) is 2. The average molecular weight is 389 g/mol. The molecule has 1 aliphatic rings. The highest BCUT2D eigenvalue weighted by Crippen LogP contribution is 2.38. The normalized spacial score (nSPS) is 14.1. The lowest BCUT2D eigenvalue weighted by atomic mass is 10.0. The maximum absolute atomic E-state index is 12.7. The lowest BCUT2D eigenvalue weighted by molar-refractivity contribution is -0.133. The molecule has 0 aliphatic carbocycles. The molecule has 27 heavy (non-hydrogen) atoms. The van der Waals surface area contributed by atoms with E-state index in [0.717, 1.165) is 16.7 Å². The van der Waals surface area contributed by atoms with Gasteiger partial charge in [0.1, 0.15) is 6.61 Å². The maximum Gasteiger partial charge on any atom is 0.237 e. The Kier molecular flexibility index (Phi) is 5.92. The number of carbonyl (C=O) groups is 1. The van der Waals surface area contributed by atoms with E-state index in [0.29, 0.717) is 43.1 Å². The number of fused-ring (bicyclic) bond motifs is 1. The molecule has 1 N–H and O–H groups in total. The Hall–Kier alpha value is -2.24. The number of benzene rings is 2. The van der Waals surface area contributed by atoms with E-state index in [1.165, 1.54) is 0 Å². The van der Waals surface area contributed by atoms with Crippen LogP contribution in [0.25, 0.3) is 11.1 Å². The van der Waals surface area contributed by atoms with Crippen LogP contribution in [-0.2, 0) is 11.3 Å². The van der Waals surface area contributed by atoms with Gasteiger partial charge in [-0.25, -0.2) is 0 Å². The van der Waals surface area contributed by atoms with Crippen molar-refractivity contribution in [3.63, 3.8) is 0 Å². The lowest BCUT2D eigenvalue weighted by Gasteiger charge is -2.26. The first-order valence-electron chi connectivity index (χ1n) is 9.08. The van der Waals surface area contributed by atoms with Crippen molar-refractivity contribution in [2.45, 2.75) is 26.4 Å². The minimum atomic E-state index is 0.0512. The van der Waals surface area contributed by atoms with Crippen LogP contribution in [-0.4, -0.2) is 53.6 Å². The fourth-order valence-electron chi connectivity index (χ4n) is 3.04. The van der Waals surface area contributed by atoms with Gasteiger partial charge in [-0.3, -0.25) is 9.69 Å². The maximum atomic E-state index is 12.7. The molecule has 2 aromatic rings. The zero-order valence-electron chi connectivity index (χ0n) is 15.9. The number of ether oxygens (including phenoxy) is 1. The van der Waals surface area contributed by atoms with Crippen LogP contribution >= 0.6 is 11.6 Å². The molecule has 5 nitrogen and oxygen atoms in total. The van der Waals surface area contributed by atoms with Gasteiger partial charge in [0.25, 0.3) is 0 Å². The van der Waals surface area contributed by atoms with Gasteiger partial charge in [0.05, 0.1) is 13.1 Å². The Balaban J connectivity index is 1.89. The monoisotopic (exact) mass is 388 g/mol. The van der Waals surface area contributed by atoms with Crippen LogP contribution in [0, 0.1) is 0 Å². The summed E-state index contributed by atoms with van der Waals surface area (Å²) in [4.78, 5) is 16.5. The Morgan fingerprint density at radius 3 is 2.78 bits per heavy atom. The largest absolute Gasteiger partial charge is 0.504 e. The molecule has 0 spiro atoms. The van der Waals surface area contributed by atoms with Crippen molar-refractivity contribution in [2.75, 3.05) is 26.7 Å². The molecule has 0 fully saturated rings. The molecule has 0 saturated carbocycles. The molecular formula is C21H25ClN2O3. The molecule has 1 amide bonds. The van der Waals surface area contributed by atoms with Crippen LogP contribution < -0.4 is 4.74 Å². The summed E-state index contributed by atoms with van der Waals surface area (Å²) in [6.45, 7) is 5.72. The van der Waals surface area contributed by atoms with Crippen molar-refractivity contribution < 1.29 is 14.6 Å². The van der Waals surface area contributed by atoms with Crippen LogP contribution in [0.5, 0.6) is 11.5 Å². The van der Waals surface area contributed by atoms with Gasteiger partial charge in [-0.05, 0) is 56.3 Å². The number of carbonyl (C=O) groups excluding carboxylic acids is 1. The first-order valence-corrected chi connectivity index (χ1v) is 9.45. The number of rotatable bonds is 4. The van der Waals surface area contributed by atoms with Gasteiger partial charge in [0.15, 0.2) is 11.5 Å². The first-order chi connectivity index (χ1) is 12.8. The van der Waals surface area contributed by atoms with Crippen LogP contribution in [0.15, 0.2) is 36.4 Å². The summed E-state index contributed by atoms with van der Waals surface area (Å²) in [6.07, 6.45) is 0. The van der Waals surface area contributed by atoms with E-state index < -0.39 is 0 Å². The summed E-state index contributed by atoms with van der Waals surface area (Å²) in [5.41, 5.74) is 2.54. The van der Waals surface area contributed by atoms with Gasteiger partial charge in [-0.15, -0.1) is 0 Å². The first kappa shape index (κ1) is 19.5. The molecule has 0 atom stereocenters. The third-order valence-electron chi connectivity index (χ3n) is 4.89. The summed E-state index contributed by atoms with van der Waals surface area (Å²) in [5, 5.41) is 11.1. The Bertz CT molecular complexity index is 838. The smallest absolute Gasteiger partial charge is 0.237 e. The van der Waals surface area contributed by atoms with Crippen molar-refractivity contribution in [2.24, 2.45) is 0 Å². The van der Waals surface area contributed by atoms with Crippen molar-refractivity contribution in [3.05, 3.63) is 47.0 Å². The summed E-state index contributed by atoms with van der Waals surface area (Å²) in [7, 11) is 1.94. The summed E-state index contributed by atoms with van der Waals surface area (Å²) in [5.74, 6) is 0.583. The molecule has 1 heterocycles. The standard InChI is InChI=1S/C21H25ClN2O3/c1-14(2)23(3)13-20(26)24-7-8-27-21-17(12-24)9-16(11-19(21)25)15-5-4-6-18(22)10-15/h4-6,9-11,14,25H,7-8,12-13H2,1-3H3. The predicted octanol–water partition coefficient (Wildman–Crippen LogP) is 3.77. The SMILES string of the molecule is CC(C)N(C)CC(=O)N1CCOc2c(O)cc(-c3cccc(Cl)c3)cc2C1. The van der Waals surface area contributed by atoms with Crippen molar-refractivity contribution >= 4 is 17.5 Å². The zero-order chi connectivity index (χ0) is 19.6. The Labute approximate surface area is 165 Å². The quantitative estimate of drug-likeness (QED) is 0.866. The van der Waals surface area contributed by atoms with E-state index in [9.17, 15) is 9.90 Å². The van der Waals surface area contributed by atoms with Crippen molar-refractivity contribution in [1.82, 2.24) is 9.80 Å². The number of phenolic OH excluding ortho intramolecular Hbond substituents is 1. The van der Waals surface area contributed by atoms with Gasteiger partial charge >= 0.3 is 0 Å². The molecule has 6 heteroatoms. The van der Waals surface area contributed by atoms with E-state index in [-0.39, 0.29) is 11.7 Å². The van der Waals surface area contributed by atoms with E-state index in [1.807, 2.05) is 42.3 Å². The minimum Gasteiger partial charge on any atom is -0.504 e. The molecule has 0 unspecified atom stereocenters. The van der Waals surface area contributed by atoms with Crippen molar-refractivity contribution in [1.29, 1.82) is 0 Å². The molecule has 0 aromatic heterocycles. The van der Waals surface area contributed by atoms with E-state index >= 15 is 0 Å². The minimum absolute atomic E-state index is 0.0512. The predicted molar refractivity (Wildman–Crippen MR) is 107 cm³/mol. The van der Waals surface area contributed by atoms with Gasteiger partial charge < -0.3 is 14.7 Å². The molecule has 144 valence electrons. The van der Waals surface area contributed by atoms with Gasteiger partial charge in [-0.1, -0.05) is 23.7 Å². The van der Waals surface area contributed by atoms with Crippen LogP contribution in [0.3, 0.4) is 0 Å². The van der Waals surface area contributed by atoms with Gasteiger partial charge in [0, 0.05) is 23.2 Å². The third kappa shape index (κ3) is 4.54. The number of amides is 1. The second-order valence-electron chi connectivity index (χ2n) is 7.17. The Morgan fingerprint density at radius 1 is 1.30 bits per heavy atom. The summed E-state index contributed by atoms with van der Waals surface area (Å²) >= 11 is 6.10. The van der Waals surface area contributed by atoms with E-state index in [1.54, 1.807) is 11.0 Å². The topological polar surface area (TPSA) is 53.0 Å². The highest BCUT2D eigenvalue weighted by atomic mass is 35.5. The zero-order valence-corrected chi connectivity index (χ0v) is 16.7. The fourth-order valence-corrected chi connectivity index (χ4v) is 3.23. The van der Waals surface area contributed by atoms with Crippen LogP contribution in [0.2, 0.25) is 5.02 Å². The van der Waals surface area contributed by atoms with Crippen LogP contribution in [0.4, 0.5) is 0 Å². The highest BCUT2D eigenvalue weighted by molar-refractivity contribution is 6.30. The summed E-state index contributed by atoms with van der Waals surface area (Å²) < 4.78 is 5.74. The Morgan fingerprint density at radius 2 is 2.07 bits per heavy atom. The van der Waals surface area contributed by atoms with Gasteiger partial charge in [-0.2, -0.15) is 0 Å².